The number of aromatic nitrogens is 6. The lowest BCUT2D eigenvalue weighted by Crippen LogP contribution is -2.31. The molecule has 0 saturated heterocycles. The Labute approximate surface area is 225 Å². The quantitative estimate of drug-likeness (QED) is 0.255. The van der Waals surface area contributed by atoms with Gasteiger partial charge in [0.1, 0.15) is 0 Å². The van der Waals surface area contributed by atoms with Crippen LogP contribution in [0.4, 0.5) is 0 Å². The average Bonchev–Trinajstić information content (AvgIpc) is 2.82. The van der Waals surface area contributed by atoms with Gasteiger partial charge in [-0.15, -0.1) is 0 Å². The van der Waals surface area contributed by atoms with Gasteiger partial charge in [0.2, 0.25) is 10.6 Å². The molecule has 0 fully saturated rings. The van der Waals surface area contributed by atoms with Crippen LogP contribution in [0.1, 0.15) is 41.5 Å². The molecule has 0 radical (unpaired) electrons. The van der Waals surface area contributed by atoms with Crippen LogP contribution in [-0.4, -0.2) is 69.5 Å². The van der Waals surface area contributed by atoms with Crippen molar-refractivity contribution in [1.82, 2.24) is 29.9 Å². The van der Waals surface area contributed by atoms with E-state index in [2.05, 4.69) is 29.9 Å². The average molecular weight is 603 g/mol. The molecule has 0 N–H and O–H groups in total. The fourth-order valence-corrected chi connectivity index (χ4v) is 5.81. The van der Waals surface area contributed by atoms with Gasteiger partial charge in [-0.25, -0.2) is 0 Å². The molecule has 0 saturated carbocycles. The van der Waals surface area contributed by atoms with E-state index >= 15 is 0 Å². The van der Waals surface area contributed by atoms with Crippen LogP contribution in [-0.2, 0) is 27.2 Å². The minimum Gasteiger partial charge on any atom is -0.463 e. The number of halogens is 2. The molecule has 14 nitrogen and oxygen atoms in total. The Balaban J connectivity index is 2.14. The minimum absolute atomic E-state index is 0.0302. The predicted molar refractivity (Wildman–Crippen MR) is 135 cm³/mol. The molecule has 18 heteroatoms. The molecule has 2 aromatic heterocycles. The van der Waals surface area contributed by atoms with Crippen molar-refractivity contribution in [2.45, 2.75) is 41.5 Å². The summed E-state index contributed by atoms with van der Waals surface area (Å²) in [4.78, 5) is 23.7. The van der Waals surface area contributed by atoms with Crippen LogP contribution in [0.5, 0.6) is 12.0 Å². The summed E-state index contributed by atoms with van der Waals surface area (Å²) in [7, 11) is -7.61. The van der Waals surface area contributed by atoms with Crippen LogP contribution >= 0.6 is 38.4 Å². The normalized spacial score (nSPS) is 12.5. The van der Waals surface area contributed by atoms with Gasteiger partial charge in [0.15, 0.2) is 0 Å². The molecule has 37 heavy (non-hydrogen) atoms. The van der Waals surface area contributed by atoms with E-state index in [1.165, 1.54) is 0 Å². The maximum atomic E-state index is 13.0. The topological polar surface area (TPSA) is 167 Å². The highest BCUT2D eigenvalue weighted by atomic mass is 35.5. The van der Waals surface area contributed by atoms with Crippen molar-refractivity contribution < 1.29 is 36.7 Å². The highest BCUT2D eigenvalue weighted by molar-refractivity contribution is 7.62. The van der Waals surface area contributed by atoms with E-state index in [1.807, 2.05) is 13.8 Å². The minimum atomic E-state index is -3.81. The molecule has 0 aromatic carbocycles. The van der Waals surface area contributed by atoms with Crippen molar-refractivity contribution in [3.8, 4) is 12.0 Å². The first kappa shape index (κ1) is 31.7. The lowest BCUT2D eigenvalue weighted by Gasteiger charge is -2.24. The third kappa shape index (κ3) is 9.33. The highest BCUT2D eigenvalue weighted by Crippen LogP contribution is 2.46. The molecule has 0 aliphatic carbocycles. The maximum absolute atomic E-state index is 13.0. The number of nitrogens with zero attached hydrogens (tertiary/aromatic N) is 6. The van der Waals surface area contributed by atoms with Gasteiger partial charge in [-0.3, -0.25) is 9.13 Å². The van der Waals surface area contributed by atoms with Crippen molar-refractivity contribution >= 4 is 49.5 Å². The number of ether oxygens (including phenoxy) is 2. The molecule has 0 atom stereocenters. The summed E-state index contributed by atoms with van der Waals surface area (Å²) < 4.78 is 58.3. The Kier molecular flexibility index (Phi) is 12.0. The zero-order valence-corrected chi connectivity index (χ0v) is 24.6. The summed E-state index contributed by atoms with van der Waals surface area (Å²) in [5.41, 5.74) is -1.19. The van der Waals surface area contributed by atoms with Gasteiger partial charge < -0.3 is 27.6 Å². The first-order valence-electron chi connectivity index (χ1n) is 11.3. The summed E-state index contributed by atoms with van der Waals surface area (Å²) in [6.07, 6.45) is 0. The zero-order valence-electron chi connectivity index (χ0n) is 21.3. The van der Waals surface area contributed by atoms with E-state index in [0.717, 1.165) is 0 Å². The molecule has 2 heterocycles. The van der Waals surface area contributed by atoms with E-state index in [-0.39, 0.29) is 73.4 Å². The first-order valence-corrected chi connectivity index (χ1v) is 15.1. The molecule has 208 valence electrons. The lowest BCUT2D eigenvalue weighted by atomic mass is 9.96. The van der Waals surface area contributed by atoms with Crippen LogP contribution in [0.3, 0.4) is 0 Å². The Morgan fingerprint density at radius 2 is 0.946 bits per heavy atom. The van der Waals surface area contributed by atoms with Crippen LogP contribution < -0.4 is 20.6 Å². The number of rotatable bonds is 16. The molecule has 2 rings (SSSR count). The summed E-state index contributed by atoms with van der Waals surface area (Å²) >= 11 is 12.0. The predicted octanol–water partition coefficient (Wildman–Crippen LogP) is 3.63. The van der Waals surface area contributed by atoms with Crippen LogP contribution in [0.15, 0.2) is 0 Å². The lowest BCUT2D eigenvalue weighted by molar-refractivity contribution is 0.0990. The van der Waals surface area contributed by atoms with Crippen LogP contribution in [0, 0.1) is 5.41 Å². The fraction of sp³-hybridized carbons (Fsp3) is 0.684. The summed E-state index contributed by atoms with van der Waals surface area (Å²) in [6, 6.07) is -0.356. The van der Waals surface area contributed by atoms with Crippen molar-refractivity contribution in [3.05, 3.63) is 10.6 Å². The summed E-state index contributed by atoms with van der Waals surface area (Å²) in [6.45, 7) is 10.7. The van der Waals surface area contributed by atoms with E-state index in [4.69, 9.17) is 50.8 Å². The molecule has 0 unspecified atom stereocenters. The molecule has 0 aliphatic rings. The zero-order chi connectivity index (χ0) is 27.7. The molecule has 0 bridgehead atoms. The second-order valence-electron chi connectivity index (χ2n) is 7.78. The second-order valence-corrected chi connectivity index (χ2v) is 12.3. The fourth-order valence-electron chi connectivity index (χ4n) is 2.56. The Morgan fingerprint density at radius 1 is 0.622 bits per heavy atom. The highest BCUT2D eigenvalue weighted by Gasteiger charge is 2.34. The van der Waals surface area contributed by atoms with Crippen LogP contribution in [0.2, 0.25) is 10.6 Å². The molecule has 0 spiro atoms. The summed E-state index contributed by atoms with van der Waals surface area (Å²) in [5.74, 6) is 0. The Hall–Kier alpha value is -1.50. The third-order valence-corrected chi connectivity index (χ3v) is 8.13. The van der Waals surface area contributed by atoms with Crippen molar-refractivity contribution in [3.63, 3.8) is 0 Å². The van der Waals surface area contributed by atoms with E-state index in [1.54, 1.807) is 27.7 Å². The first-order chi connectivity index (χ1) is 17.4. The Morgan fingerprint density at radius 3 is 1.24 bits per heavy atom. The van der Waals surface area contributed by atoms with Crippen molar-refractivity contribution in [2.24, 2.45) is 5.41 Å². The van der Waals surface area contributed by atoms with E-state index < -0.39 is 20.6 Å². The number of hydrogen-bond donors (Lipinski definition) is 0. The van der Waals surface area contributed by atoms with Gasteiger partial charge in [-0.05, 0) is 50.9 Å². The maximum Gasteiger partial charge on any atom is 0.398 e. The van der Waals surface area contributed by atoms with Gasteiger partial charge in [0.05, 0.1) is 39.6 Å². The van der Waals surface area contributed by atoms with Gasteiger partial charge in [0, 0.05) is 5.41 Å². The van der Waals surface area contributed by atoms with Gasteiger partial charge >= 0.3 is 27.2 Å². The smallest absolute Gasteiger partial charge is 0.398 e. The molecular weight excluding hydrogens is 573 g/mol. The van der Waals surface area contributed by atoms with E-state index in [0.29, 0.717) is 0 Å². The molecule has 2 aromatic rings. The van der Waals surface area contributed by atoms with Gasteiger partial charge in [-0.1, -0.05) is 13.8 Å². The monoisotopic (exact) mass is 602 g/mol. The number of hydrogen-bond acceptors (Lipinski definition) is 14. The molecule has 0 amide bonds. The van der Waals surface area contributed by atoms with Crippen LogP contribution in [0.25, 0.3) is 0 Å². The van der Waals surface area contributed by atoms with Crippen molar-refractivity contribution in [2.75, 3.05) is 39.6 Å². The standard InChI is InChI=1S/C19H30Cl2N6O8P2/c1-7-32-36(28,33-8-2)17-24-13(20)22-15(26-17)30-11-19(5,6)12-31-16-23-14(21)25-18(27-16)37(29,34-9-3)35-10-4/h7-12H2,1-6H3. The largest absolute Gasteiger partial charge is 0.463 e. The summed E-state index contributed by atoms with van der Waals surface area (Å²) in [5, 5.41) is -0.483. The SMILES string of the molecule is CCOP(=O)(OCC)c1nc(Cl)nc(OCC(C)(C)COc2nc(Cl)nc(P(=O)(OCC)OCC)n2)n1. The van der Waals surface area contributed by atoms with Gasteiger partial charge in [0.25, 0.3) is 11.1 Å². The van der Waals surface area contributed by atoms with Crippen molar-refractivity contribution in [1.29, 1.82) is 0 Å². The van der Waals surface area contributed by atoms with E-state index in [9.17, 15) is 9.13 Å². The Bertz CT molecular complexity index is 1040. The van der Waals surface area contributed by atoms with Gasteiger partial charge in [-0.2, -0.15) is 29.9 Å². The molecule has 0 aliphatic heterocycles. The third-order valence-electron chi connectivity index (χ3n) is 4.02. The molecular formula is C19H30Cl2N6O8P2. The second kappa shape index (κ2) is 14.0.